The van der Waals surface area contributed by atoms with Gasteiger partial charge in [0.2, 0.25) is 5.60 Å². The zero-order valence-corrected chi connectivity index (χ0v) is 12.2. The van der Waals surface area contributed by atoms with Gasteiger partial charge < -0.3 is 24.4 Å². The van der Waals surface area contributed by atoms with Gasteiger partial charge in [0.25, 0.3) is 0 Å². The number of hydrogen-bond acceptors (Lipinski definition) is 4. The number of carboxylic acid groups (broad SMARTS) is 1. The molecule has 0 aromatic rings. The van der Waals surface area contributed by atoms with Gasteiger partial charge in [0.15, 0.2) is 0 Å². The summed E-state index contributed by atoms with van der Waals surface area (Å²) >= 11 is 0. The van der Waals surface area contributed by atoms with Crippen LogP contribution < -0.4 is 0 Å². The number of carboxylic acids is 1. The Morgan fingerprint density at radius 1 is 1.47 bits per heavy atom. The molecule has 0 radical (unpaired) electrons. The van der Waals surface area contributed by atoms with E-state index in [9.17, 15) is 20.0 Å². The van der Waals surface area contributed by atoms with Gasteiger partial charge >= 0.3 is 13.1 Å². The Morgan fingerprint density at radius 2 is 1.95 bits per heavy atom. The van der Waals surface area contributed by atoms with Gasteiger partial charge in [-0.2, -0.15) is 0 Å². The largest absolute Gasteiger partial charge is 0.479 e. The molecule has 1 atom stereocenters. The maximum absolute atomic E-state index is 11.6. The van der Waals surface area contributed by atoms with Gasteiger partial charge in [-0.1, -0.05) is 0 Å². The van der Waals surface area contributed by atoms with Crippen LogP contribution in [0.3, 0.4) is 0 Å². The van der Waals surface area contributed by atoms with Crippen LogP contribution in [-0.4, -0.2) is 71.2 Å². The second kappa shape index (κ2) is 5.93. The van der Waals surface area contributed by atoms with E-state index in [4.69, 9.17) is 11.1 Å². The van der Waals surface area contributed by atoms with Crippen molar-refractivity contribution in [3.63, 3.8) is 0 Å². The summed E-state index contributed by atoms with van der Waals surface area (Å²) in [6.07, 6.45) is 5.25. The van der Waals surface area contributed by atoms with Crippen LogP contribution >= 0.6 is 0 Å². The van der Waals surface area contributed by atoms with E-state index in [-0.39, 0.29) is 17.6 Å². The Hall–Kier alpha value is -1.07. The summed E-state index contributed by atoms with van der Waals surface area (Å²) in [5.74, 6) is 1.11. The van der Waals surface area contributed by atoms with E-state index in [1.54, 1.807) is 14.1 Å². The number of likely N-dealkylation sites (N-methyl/N-ethyl adjacent to an activating group) is 1. The maximum Gasteiger partial charge on any atom is 0.451 e. The molecule has 0 saturated heterocycles. The second-order valence-corrected chi connectivity index (χ2v) is 5.86. The molecule has 6 nitrogen and oxygen atoms in total. The van der Waals surface area contributed by atoms with Gasteiger partial charge in [0, 0.05) is 0 Å². The zero-order valence-electron chi connectivity index (χ0n) is 12.2. The number of terminal acetylenes is 1. The van der Waals surface area contributed by atoms with E-state index in [0.717, 1.165) is 0 Å². The predicted molar refractivity (Wildman–Crippen MR) is 72.3 cm³/mol. The zero-order chi connectivity index (χ0) is 15.5. The second-order valence-electron chi connectivity index (χ2n) is 5.86. The molecular formula is C12H23BNO5+. The first-order valence-electron chi connectivity index (χ1n) is 5.95. The minimum Gasteiger partial charge on any atom is -0.479 e. The van der Waals surface area contributed by atoms with Gasteiger partial charge in [0.05, 0.1) is 14.1 Å². The predicted octanol–water partition coefficient (Wildman–Crippen LogP) is -0.583. The molecule has 0 aliphatic rings. The summed E-state index contributed by atoms with van der Waals surface area (Å²) in [5, 5.41) is 29.1. The van der Waals surface area contributed by atoms with Crippen molar-refractivity contribution in [2.24, 2.45) is 0 Å². The molecule has 19 heavy (non-hydrogen) atoms. The van der Waals surface area contributed by atoms with E-state index in [2.05, 4.69) is 5.92 Å². The van der Waals surface area contributed by atoms with Gasteiger partial charge in [-0.25, -0.2) is 4.79 Å². The number of rotatable bonds is 7. The summed E-state index contributed by atoms with van der Waals surface area (Å²) in [4.78, 5) is 11.6. The molecule has 0 bridgehead atoms. The van der Waals surface area contributed by atoms with Crippen molar-refractivity contribution in [1.82, 2.24) is 0 Å². The quantitative estimate of drug-likeness (QED) is 0.328. The topological polar surface area (TPSA) is 87.0 Å². The van der Waals surface area contributed by atoms with Crippen molar-refractivity contribution in [3.8, 4) is 12.3 Å². The Morgan fingerprint density at radius 3 is 2.21 bits per heavy atom. The third-order valence-electron chi connectivity index (χ3n) is 2.88. The number of nitrogens with zero attached hydrogens (tertiary/aromatic N) is 1. The lowest BCUT2D eigenvalue weighted by Gasteiger charge is -2.44. The summed E-state index contributed by atoms with van der Waals surface area (Å²) in [7, 11) is 2.14. The van der Waals surface area contributed by atoms with Crippen LogP contribution in [0.4, 0.5) is 0 Å². The first kappa shape index (κ1) is 17.9. The molecule has 0 amide bonds. The molecule has 0 heterocycles. The summed E-state index contributed by atoms with van der Waals surface area (Å²) in [6, 6.07) is 0. The van der Waals surface area contributed by atoms with E-state index in [0.29, 0.717) is 0 Å². The van der Waals surface area contributed by atoms with Gasteiger partial charge in [-0.3, -0.25) is 0 Å². The van der Waals surface area contributed by atoms with Crippen molar-refractivity contribution >= 4 is 13.1 Å². The highest BCUT2D eigenvalue weighted by molar-refractivity contribution is 6.41. The van der Waals surface area contributed by atoms with Crippen molar-refractivity contribution in [3.05, 3.63) is 0 Å². The molecule has 0 fully saturated rings. The number of aliphatic carboxylic acids is 1. The number of aliphatic hydroxyl groups is 1. The standard InChI is InChI=1S/C12H22BNO5/c1-7-8-14(5,6)9-12(10(15)16,11(2,3)17)19-13(4)18/h1,17-18H,8-9H2,2-6H3/p+1. The fourth-order valence-electron chi connectivity index (χ4n) is 1.95. The highest BCUT2D eigenvalue weighted by atomic mass is 16.6. The molecule has 108 valence electrons. The van der Waals surface area contributed by atoms with Crippen LogP contribution in [-0.2, 0) is 9.45 Å². The maximum atomic E-state index is 11.6. The number of quaternary nitrogens is 1. The number of hydrogen-bond donors (Lipinski definition) is 3. The Bertz CT molecular complexity index is 369. The summed E-state index contributed by atoms with van der Waals surface area (Å²) in [5.41, 5.74) is -3.65. The minimum absolute atomic E-state index is 0.0824. The SMILES string of the molecule is C#CC[N+](C)(C)CC(OB(C)O)(C(=O)O)C(C)(C)O. The monoisotopic (exact) mass is 272 g/mol. The van der Waals surface area contributed by atoms with Gasteiger partial charge in [0.1, 0.15) is 18.7 Å². The van der Waals surface area contributed by atoms with Crippen molar-refractivity contribution in [2.75, 3.05) is 27.2 Å². The van der Waals surface area contributed by atoms with E-state index >= 15 is 0 Å². The fourth-order valence-corrected chi connectivity index (χ4v) is 1.95. The van der Waals surface area contributed by atoms with Crippen molar-refractivity contribution in [1.29, 1.82) is 0 Å². The van der Waals surface area contributed by atoms with Crippen LogP contribution in [0, 0.1) is 12.3 Å². The van der Waals surface area contributed by atoms with Crippen LogP contribution in [0.2, 0.25) is 6.82 Å². The molecule has 0 rings (SSSR count). The first-order valence-corrected chi connectivity index (χ1v) is 5.95. The van der Waals surface area contributed by atoms with Gasteiger partial charge in [-0.05, 0) is 26.6 Å². The normalized spacial score (nSPS) is 15.5. The van der Waals surface area contributed by atoms with Crippen molar-refractivity contribution in [2.45, 2.75) is 31.9 Å². The lowest BCUT2D eigenvalue weighted by atomic mass is 9.81. The molecule has 0 aliphatic heterocycles. The van der Waals surface area contributed by atoms with Crippen LogP contribution in [0.25, 0.3) is 0 Å². The molecule has 1 unspecified atom stereocenters. The molecule has 0 aromatic carbocycles. The molecular weight excluding hydrogens is 249 g/mol. The van der Waals surface area contributed by atoms with Crippen molar-refractivity contribution < 1.29 is 29.2 Å². The lowest BCUT2D eigenvalue weighted by molar-refractivity contribution is -0.889. The molecule has 0 aliphatic carbocycles. The number of carbonyl (C=O) groups is 1. The Labute approximate surface area is 114 Å². The summed E-state index contributed by atoms with van der Waals surface area (Å²) < 4.78 is 5.31. The third kappa shape index (κ3) is 4.51. The highest BCUT2D eigenvalue weighted by Gasteiger charge is 2.57. The third-order valence-corrected chi connectivity index (χ3v) is 2.88. The van der Waals surface area contributed by atoms with Crippen LogP contribution in [0.5, 0.6) is 0 Å². The molecule has 3 N–H and O–H groups in total. The highest BCUT2D eigenvalue weighted by Crippen LogP contribution is 2.30. The Balaban J connectivity index is 5.62. The Kier molecular flexibility index (Phi) is 5.59. The molecule has 0 spiro atoms. The average Bonchev–Trinajstić information content (AvgIpc) is 2.12. The van der Waals surface area contributed by atoms with Crippen LogP contribution in [0.15, 0.2) is 0 Å². The lowest BCUT2D eigenvalue weighted by Crippen LogP contribution is -2.68. The van der Waals surface area contributed by atoms with E-state index in [1.807, 2.05) is 0 Å². The van der Waals surface area contributed by atoms with Crippen LogP contribution in [0.1, 0.15) is 13.8 Å². The minimum atomic E-state index is -1.96. The summed E-state index contributed by atoms with van der Waals surface area (Å²) in [6.45, 7) is 4.15. The first-order chi connectivity index (χ1) is 8.38. The van der Waals surface area contributed by atoms with E-state index in [1.165, 1.54) is 20.7 Å². The smallest absolute Gasteiger partial charge is 0.451 e. The molecule has 0 saturated carbocycles. The van der Waals surface area contributed by atoms with E-state index < -0.39 is 24.3 Å². The molecule has 0 aromatic heterocycles. The van der Waals surface area contributed by atoms with Gasteiger partial charge in [-0.15, -0.1) is 6.42 Å². The fraction of sp³-hybridized carbons (Fsp3) is 0.750. The molecule has 7 heteroatoms. The average molecular weight is 272 g/mol.